The fourth-order valence-electron chi connectivity index (χ4n) is 0.383. The minimum atomic E-state index is -0.406. The average Bonchev–Trinajstić information content (AvgIpc) is 2.02. The predicted molar refractivity (Wildman–Crippen MR) is 55.4 cm³/mol. The molecule has 0 radical (unpaired) electrons. The molecule has 2 N–H and O–H groups in total. The molecular formula is C10H21NO2. The molecule has 0 spiro atoms. The van der Waals surface area contributed by atoms with Crippen molar-refractivity contribution in [2.24, 2.45) is 5.73 Å². The smallest absolute Gasteiger partial charge is 0.320 e. The number of hydrogen-bond acceptors (Lipinski definition) is 3. The van der Waals surface area contributed by atoms with Crippen LogP contribution in [0.2, 0.25) is 0 Å². The second kappa shape index (κ2) is 7.80. The van der Waals surface area contributed by atoms with E-state index in [0.29, 0.717) is 0 Å². The Balaban J connectivity index is 0. The summed E-state index contributed by atoms with van der Waals surface area (Å²) in [5, 5.41) is 0. The summed E-state index contributed by atoms with van der Waals surface area (Å²) in [5.74, 6) is -0.359. The van der Waals surface area contributed by atoms with Gasteiger partial charge in [-0.25, -0.2) is 0 Å². The van der Waals surface area contributed by atoms with Gasteiger partial charge in [-0.05, 0) is 27.2 Å². The van der Waals surface area contributed by atoms with Crippen LogP contribution in [0.25, 0.3) is 0 Å². The first kappa shape index (κ1) is 14.7. The molecule has 0 atom stereocenters. The fourth-order valence-corrected chi connectivity index (χ4v) is 0.383. The lowest BCUT2D eigenvalue weighted by Gasteiger charge is -2.18. The topological polar surface area (TPSA) is 52.3 Å². The summed E-state index contributed by atoms with van der Waals surface area (Å²) < 4.78 is 4.82. The first-order valence-corrected chi connectivity index (χ1v) is 4.40. The number of nitrogens with two attached hydrogens (primary N) is 1. The van der Waals surface area contributed by atoms with Crippen LogP contribution in [-0.2, 0) is 9.53 Å². The number of rotatable bonds is 2. The highest BCUT2D eigenvalue weighted by molar-refractivity contribution is 5.71. The molecule has 0 aromatic rings. The van der Waals surface area contributed by atoms with Crippen LogP contribution in [0.4, 0.5) is 0 Å². The van der Waals surface area contributed by atoms with Gasteiger partial charge < -0.3 is 10.5 Å². The molecule has 0 fully saturated rings. The Morgan fingerprint density at radius 2 is 1.92 bits per heavy atom. The van der Waals surface area contributed by atoms with Gasteiger partial charge in [-0.2, -0.15) is 0 Å². The van der Waals surface area contributed by atoms with E-state index in [9.17, 15) is 4.79 Å². The molecule has 78 valence electrons. The maximum Gasteiger partial charge on any atom is 0.320 e. The van der Waals surface area contributed by atoms with Gasteiger partial charge in [-0.3, -0.25) is 4.79 Å². The van der Waals surface area contributed by atoms with Gasteiger partial charge in [-0.15, -0.1) is 6.58 Å². The van der Waals surface area contributed by atoms with Crippen LogP contribution in [-0.4, -0.2) is 18.1 Å². The molecule has 0 heterocycles. The van der Waals surface area contributed by atoms with Gasteiger partial charge in [0.05, 0.1) is 6.54 Å². The molecule has 13 heavy (non-hydrogen) atoms. The summed E-state index contributed by atoms with van der Waals surface area (Å²) in [5.41, 5.74) is 4.60. The third-order valence-electron chi connectivity index (χ3n) is 0.875. The highest BCUT2D eigenvalue weighted by Crippen LogP contribution is 2.05. The zero-order chi connectivity index (χ0) is 10.9. The van der Waals surface area contributed by atoms with E-state index in [-0.39, 0.29) is 12.5 Å². The van der Waals surface area contributed by atoms with Crippen LogP contribution in [0, 0.1) is 0 Å². The van der Waals surface area contributed by atoms with Crippen LogP contribution in [0.5, 0.6) is 0 Å². The van der Waals surface area contributed by atoms with Gasteiger partial charge in [0, 0.05) is 0 Å². The molecule has 0 unspecified atom stereocenters. The molecule has 0 aromatic heterocycles. The molecule has 3 nitrogen and oxygen atoms in total. The molecule has 0 rings (SSSR count). The summed E-state index contributed by atoms with van der Waals surface area (Å²) in [7, 11) is 0. The van der Waals surface area contributed by atoms with E-state index < -0.39 is 5.60 Å². The lowest BCUT2D eigenvalue weighted by molar-refractivity contribution is -0.152. The molecule has 0 bridgehead atoms. The minimum Gasteiger partial charge on any atom is -0.459 e. The van der Waals surface area contributed by atoms with E-state index in [4.69, 9.17) is 10.5 Å². The maximum absolute atomic E-state index is 10.5. The molecule has 3 heteroatoms. The lowest BCUT2D eigenvalue weighted by Crippen LogP contribution is -2.28. The van der Waals surface area contributed by atoms with E-state index in [1.165, 1.54) is 0 Å². The minimum absolute atomic E-state index is 0.0444. The Bertz CT molecular complexity index is 147. The van der Waals surface area contributed by atoms with E-state index in [0.717, 1.165) is 6.42 Å². The number of esters is 1. The summed E-state index contributed by atoms with van der Waals surface area (Å²) in [6.07, 6.45) is 2.96. The van der Waals surface area contributed by atoms with Crippen molar-refractivity contribution in [2.75, 3.05) is 6.54 Å². The molecule has 0 aliphatic carbocycles. The Hall–Kier alpha value is -0.830. The van der Waals surface area contributed by atoms with Gasteiger partial charge in [0.1, 0.15) is 5.60 Å². The molecule has 0 aliphatic heterocycles. The monoisotopic (exact) mass is 187 g/mol. The zero-order valence-electron chi connectivity index (χ0n) is 9.09. The standard InChI is InChI=1S/C6H13NO2.C4H8/c1-6(2,3)9-5(8)4-7;1-3-4-2/h4,7H2,1-3H3;3H,1,4H2,2H3. The van der Waals surface area contributed by atoms with Crippen molar-refractivity contribution in [1.29, 1.82) is 0 Å². The van der Waals surface area contributed by atoms with Gasteiger partial charge in [0.15, 0.2) is 0 Å². The van der Waals surface area contributed by atoms with Crippen LogP contribution in [0.1, 0.15) is 34.1 Å². The third-order valence-corrected chi connectivity index (χ3v) is 0.875. The van der Waals surface area contributed by atoms with Crippen molar-refractivity contribution >= 4 is 5.97 Å². The van der Waals surface area contributed by atoms with Crippen LogP contribution in [0.15, 0.2) is 12.7 Å². The lowest BCUT2D eigenvalue weighted by atomic mass is 10.2. The Labute approximate surface area is 81.0 Å². The highest BCUT2D eigenvalue weighted by Gasteiger charge is 2.13. The largest absolute Gasteiger partial charge is 0.459 e. The van der Waals surface area contributed by atoms with Gasteiger partial charge in [-0.1, -0.05) is 13.0 Å². The predicted octanol–water partition coefficient (Wildman–Crippen LogP) is 1.87. The molecular weight excluding hydrogens is 166 g/mol. The normalized spacial score (nSPS) is 9.62. The number of hydrogen-bond donors (Lipinski definition) is 1. The molecule has 0 aliphatic rings. The zero-order valence-corrected chi connectivity index (χ0v) is 9.09. The summed E-state index contributed by atoms with van der Waals surface area (Å²) >= 11 is 0. The highest BCUT2D eigenvalue weighted by atomic mass is 16.6. The first-order valence-electron chi connectivity index (χ1n) is 4.40. The second-order valence-corrected chi connectivity index (χ2v) is 3.49. The number of carbonyl (C=O) groups is 1. The third kappa shape index (κ3) is 18.3. The summed E-state index contributed by atoms with van der Waals surface area (Å²) in [6, 6.07) is 0. The number of allylic oxidation sites excluding steroid dienone is 1. The molecule has 0 amide bonds. The molecule has 0 saturated carbocycles. The van der Waals surface area contributed by atoms with E-state index >= 15 is 0 Å². The summed E-state index contributed by atoms with van der Waals surface area (Å²) in [6.45, 7) is 10.9. The SMILES string of the molecule is C=CCC.CC(C)(C)OC(=O)CN. The molecule has 0 aromatic carbocycles. The quantitative estimate of drug-likeness (QED) is 0.530. The number of ether oxygens (including phenoxy) is 1. The van der Waals surface area contributed by atoms with Crippen molar-refractivity contribution in [3.05, 3.63) is 12.7 Å². The van der Waals surface area contributed by atoms with Crippen molar-refractivity contribution < 1.29 is 9.53 Å². The Kier molecular flexibility index (Phi) is 8.81. The molecule has 0 saturated heterocycles. The van der Waals surface area contributed by atoms with Crippen LogP contribution in [0.3, 0.4) is 0 Å². The van der Waals surface area contributed by atoms with E-state index in [1.54, 1.807) is 20.8 Å². The van der Waals surface area contributed by atoms with Crippen molar-refractivity contribution in [1.82, 2.24) is 0 Å². The van der Waals surface area contributed by atoms with Crippen molar-refractivity contribution in [3.63, 3.8) is 0 Å². The van der Waals surface area contributed by atoms with E-state index in [1.807, 2.05) is 6.08 Å². The maximum atomic E-state index is 10.5. The second-order valence-electron chi connectivity index (χ2n) is 3.49. The van der Waals surface area contributed by atoms with Gasteiger partial charge >= 0.3 is 5.97 Å². The van der Waals surface area contributed by atoms with Crippen molar-refractivity contribution in [2.45, 2.75) is 39.7 Å². The number of carbonyl (C=O) groups excluding carboxylic acids is 1. The Morgan fingerprint density at radius 3 is 2.00 bits per heavy atom. The average molecular weight is 187 g/mol. The first-order chi connectivity index (χ1) is 5.87. The van der Waals surface area contributed by atoms with E-state index in [2.05, 4.69) is 13.5 Å². The fraction of sp³-hybridized carbons (Fsp3) is 0.700. The summed E-state index contributed by atoms with van der Waals surface area (Å²) in [4.78, 5) is 10.5. The van der Waals surface area contributed by atoms with Crippen LogP contribution >= 0.6 is 0 Å². The van der Waals surface area contributed by atoms with Gasteiger partial charge in [0.25, 0.3) is 0 Å². The van der Waals surface area contributed by atoms with Crippen molar-refractivity contribution in [3.8, 4) is 0 Å². The van der Waals surface area contributed by atoms with Crippen LogP contribution < -0.4 is 5.73 Å². The Morgan fingerprint density at radius 1 is 1.54 bits per heavy atom. The van der Waals surface area contributed by atoms with Gasteiger partial charge in [0.2, 0.25) is 0 Å².